The summed E-state index contributed by atoms with van der Waals surface area (Å²) in [4.78, 5) is -0.0870. The van der Waals surface area contributed by atoms with Crippen LogP contribution in [0.1, 0.15) is 11.1 Å². The molecule has 0 amide bonds. The Labute approximate surface area is 154 Å². The number of nitrogens with one attached hydrogen (secondary N) is 1. The topological polar surface area (TPSA) is 95.2 Å². The highest BCUT2D eigenvalue weighted by Crippen LogP contribution is 2.24. The molecule has 0 heterocycles. The van der Waals surface area contributed by atoms with Crippen LogP contribution in [0, 0.1) is 6.92 Å². The molecule has 2 aromatic rings. The average Bonchev–Trinajstić information content (AvgIpc) is 2.47. The van der Waals surface area contributed by atoms with Crippen molar-refractivity contribution in [1.29, 1.82) is 0 Å². The third-order valence-corrected chi connectivity index (χ3v) is 5.96. The Bertz CT molecular complexity index is 845. The molecule has 2 aromatic carbocycles. The maximum atomic E-state index is 12.2. The molecule has 0 aliphatic rings. The summed E-state index contributed by atoms with van der Waals surface area (Å²) in [6.45, 7) is 1.80. The van der Waals surface area contributed by atoms with Crippen molar-refractivity contribution in [3.8, 4) is 0 Å². The molecule has 1 unspecified atom stereocenters. The van der Waals surface area contributed by atoms with E-state index in [1.54, 1.807) is 37.3 Å². The molecule has 9 heteroatoms. The Hall–Kier alpha value is -0.960. The van der Waals surface area contributed by atoms with E-state index in [0.29, 0.717) is 16.5 Å². The maximum Gasteiger partial charge on any atom is 0.240 e. The maximum absolute atomic E-state index is 12.2. The number of anilines is 1. The van der Waals surface area contributed by atoms with Crippen LogP contribution in [-0.2, 0) is 27.8 Å². The van der Waals surface area contributed by atoms with Gasteiger partial charge in [-0.05, 0) is 42.3 Å². The van der Waals surface area contributed by atoms with Gasteiger partial charge in [0.1, 0.15) is 16.3 Å². The minimum absolute atomic E-state index is 0.0870. The Morgan fingerprint density at radius 1 is 1.17 bits per heavy atom. The van der Waals surface area contributed by atoms with Crippen LogP contribution in [0.2, 0.25) is 10.0 Å². The molecule has 0 spiro atoms. The molecule has 5 nitrogen and oxygen atoms in total. The standard InChI is InChI=1S/C15H16Cl2N2O3S2/c1-10-2-5-15(24(18,21)22)14(8-10)19-23(20)7-6-11-3-4-12(16)13(17)9-11/h2-5,8-9,19H,6-7H2,1H3,(H2,18,21,22). The second-order valence-electron chi connectivity index (χ2n) is 5.19. The van der Waals surface area contributed by atoms with Crippen molar-refractivity contribution >= 4 is 50.3 Å². The molecule has 0 bridgehead atoms. The molecule has 0 aliphatic heterocycles. The number of hydrogen-bond donors (Lipinski definition) is 2. The van der Waals surface area contributed by atoms with Crippen molar-refractivity contribution in [3.63, 3.8) is 0 Å². The third kappa shape index (κ3) is 5.27. The molecule has 2 rings (SSSR count). The van der Waals surface area contributed by atoms with Crippen LogP contribution in [0.15, 0.2) is 41.3 Å². The van der Waals surface area contributed by atoms with Gasteiger partial charge in [-0.25, -0.2) is 18.3 Å². The summed E-state index contributed by atoms with van der Waals surface area (Å²) in [5.74, 6) is 0.274. The number of aryl methyl sites for hydroxylation is 2. The van der Waals surface area contributed by atoms with Crippen molar-refractivity contribution in [2.75, 3.05) is 10.5 Å². The lowest BCUT2D eigenvalue weighted by Crippen LogP contribution is -2.21. The van der Waals surface area contributed by atoms with Gasteiger partial charge in [-0.3, -0.25) is 0 Å². The van der Waals surface area contributed by atoms with Crippen LogP contribution >= 0.6 is 23.2 Å². The summed E-state index contributed by atoms with van der Waals surface area (Å²) in [6.07, 6.45) is 0.493. The number of primary sulfonamides is 1. The van der Waals surface area contributed by atoms with Gasteiger partial charge in [-0.1, -0.05) is 35.3 Å². The molecule has 3 N–H and O–H groups in total. The number of hydrogen-bond acceptors (Lipinski definition) is 4. The largest absolute Gasteiger partial charge is 0.593 e. The van der Waals surface area contributed by atoms with Crippen LogP contribution in [0.4, 0.5) is 5.69 Å². The second kappa shape index (κ2) is 7.95. The molecular formula is C15H16Cl2N2O3S2. The van der Waals surface area contributed by atoms with E-state index in [4.69, 9.17) is 28.3 Å². The predicted molar refractivity (Wildman–Crippen MR) is 99.4 cm³/mol. The first-order valence-corrected chi connectivity index (χ1v) is 10.5. The Kier molecular flexibility index (Phi) is 6.41. The van der Waals surface area contributed by atoms with Crippen LogP contribution in [-0.4, -0.2) is 18.7 Å². The molecule has 24 heavy (non-hydrogen) atoms. The van der Waals surface area contributed by atoms with Gasteiger partial charge in [0.15, 0.2) is 0 Å². The SMILES string of the molecule is Cc1ccc(S(N)(=O)=O)c(N[S+]([O-])CCc2ccc(Cl)c(Cl)c2)c1. The Morgan fingerprint density at radius 2 is 1.88 bits per heavy atom. The zero-order chi connectivity index (χ0) is 17.9. The summed E-state index contributed by atoms with van der Waals surface area (Å²) < 4.78 is 38.2. The van der Waals surface area contributed by atoms with E-state index in [-0.39, 0.29) is 16.3 Å². The molecule has 0 saturated carbocycles. The van der Waals surface area contributed by atoms with Crippen LogP contribution < -0.4 is 9.86 Å². The lowest BCUT2D eigenvalue weighted by molar-refractivity contribution is 0.597. The summed E-state index contributed by atoms with van der Waals surface area (Å²) in [6, 6.07) is 9.80. The van der Waals surface area contributed by atoms with Crippen molar-refractivity contribution in [2.24, 2.45) is 5.14 Å². The van der Waals surface area contributed by atoms with E-state index in [0.717, 1.165) is 11.1 Å². The zero-order valence-corrected chi connectivity index (χ0v) is 15.9. The normalized spacial score (nSPS) is 12.9. The number of sulfonamides is 1. The van der Waals surface area contributed by atoms with E-state index < -0.39 is 21.4 Å². The second-order valence-corrected chi connectivity index (χ2v) is 8.84. The van der Waals surface area contributed by atoms with Crippen molar-refractivity contribution in [1.82, 2.24) is 0 Å². The zero-order valence-electron chi connectivity index (χ0n) is 12.8. The van der Waals surface area contributed by atoms with Gasteiger partial charge in [0, 0.05) is 6.42 Å². The van der Waals surface area contributed by atoms with Crippen molar-refractivity contribution < 1.29 is 13.0 Å². The first-order valence-electron chi connectivity index (χ1n) is 6.89. The molecule has 0 aromatic heterocycles. The van der Waals surface area contributed by atoms with E-state index >= 15 is 0 Å². The molecule has 0 aliphatic carbocycles. The highest BCUT2D eigenvalue weighted by molar-refractivity contribution is 7.93. The van der Waals surface area contributed by atoms with Gasteiger partial charge in [0.25, 0.3) is 0 Å². The molecule has 130 valence electrons. The molecule has 1 atom stereocenters. The lowest BCUT2D eigenvalue weighted by atomic mass is 10.2. The summed E-state index contributed by atoms with van der Waals surface area (Å²) in [7, 11) is -3.90. The van der Waals surface area contributed by atoms with E-state index in [2.05, 4.69) is 4.72 Å². The van der Waals surface area contributed by atoms with Crippen molar-refractivity contribution in [2.45, 2.75) is 18.2 Å². The minimum Gasteiger partial charge on any atom is -0.593 e. The van der Waals surface area contributed by atoms with Gasteiger partial charge in [0.2, 0.25) is 10.0 Å². The van der Waals surface area contributed by atoms with Gasteiger partial charge in [-0.15, -0.1) is 0 Å². The lowest BCUT2D eigenvalue weighted by Gasteiger charge is -2.15. The monoisotopic (exact) mass is 406 g/mol. The van der Waals surface area contributed by atoms with E-state index in [1.165, 1.54) is 6.07 Å². The number of rotatable bonds is 6. The average molecular weight is 407 g/mol. The molecular weight excluding hydrogens is 391 g/mol. The van der Waals surface area contributed by atoms with Gasteiger partial charge >= 0.3 is 0 Å². The number of nitrogens with two attached hydrogens (primary N) is 1. The molecule has 0 saturated heterocycles. The first-order chi connectivity index (χ1) is 11.2. The van der Waals surface area contributed by atoms with E-state index in [9.17, 15) is 13.0 Å². The smallest absolute Gasteiger partial charge is 0.240 e. The highest BCUT2D eigenvalue weighted by Gasteiger charge is 2.18. The van der Waals surface area contributed by atoms with Crippen LogP contribution in [0.5, 0.6) is 0 Å². The molecule has 0 radical (unpaired) electrons. The fourth-order valence-corrected chi connectivity index (χ4v) is 4.05. The predicted octanol–water partition coefficient (Wildman–Crippen LogP) is 3.27. The summed E-state index contributed by atoms with van der Waals surface area (Å²) >= 11 is 10.3. The van der Waals surface area contributed by atoms with E-state index in [1.807, 2.05) is 0 Å². The number of benzene rings is 2. The molecule has 0 fully saturated rings. The Morgan fingerprint density at radius 3 is 2.50 bits per heavy atom. The summed E-state index contributed by atoms with van der Waals surface area (Å²) in [5, 5.41) is 6.07. The van der Waals surface area contributed by atoms with Gasteiger partial charge < -0.3 is 4.55 Å². The quantitative estimate of drug-likeness (QED) is 0.719. The fourth-order valence-electron chi connectivity index (χ4n) is 2.05. The van der Waals surface area contributed by atoms with Gasteiger partial charge in [0.05, 0.1) is 21.4 Å². The van der Waals surface area contributed by atoms with Gasteiger partial charge in [-0.2, -0.15) is 0 Å². The third-order valence-electron chi connectivity index (χ3n) is 3.23. The number of halogens is 2. The summed E-state index contributed by atoms with van der Waals surface area (Å²) in [5.41, 5.74) is 1.94. The first kappa shape index (κ1) is 19.4. The van der Waals surface area contributed by atoms with Crippen LogP contribution in [0.25, 0.3) is 0 Å². The Balaban J connectivity index is 2.08. The fraction of sp³-hybridized carbons (Fsp3) is 0.200. The van der Waals surface area contributed by atoms with Crippen LogP contribution in [0.3, 0.4) is 0 Å². The van der Waals surface area contributed by atoms with Crippen molar-refractivity contribution in [3.05, 3.63) is 57.6 Å². The minimum atomic E-state index is -3.90. The highest BCUT2D eigenvalue weighted by atomic mass is 35.5.